The molecule has 0 aliphatic heterocycles. The molecule has 7 atom stereocenters. The standard InChI is InChI=1S/C36H53NO5S/c1-22(9-14-31(42-33(41)34(4,5)21-38)36(16-17-36)32-37-23(2)20-43-32)28-12-13-29-25(8-7-15-35(28,29)6)10-11-26-18-27(39)19-30(40)24(26)3/h10-11,20,22,27-31,38-40H,3,7-9,12-19,21H2,1-2,4-6H3/t22-,27-,28-,29+,30+,31+,35-/m1/s1. The normalized spacial score (nSPS) is 33.8. The third-order valence-electron chi connectivity index (χ3n) is 11.5. The highest BCUT2D eigenvalue weighted by molar-refractivity contribution is 7.09. The minimum Gasteiger partial charge on any atom is -0.461 e. The van der Waals surface area contributed by atoms with Crippen LogP contribution in [0.3, 0.4) is 0 Å². The molecule has 0 radical (unpaired) electrons. The lowest BCUT2D eigenvalue weighted by atomic mass is 9.60. The summed E-state index contributed by atoms with van der Waals surface area (Å²) in [5, 5.41) is 33.5. The van der Waals surface area contributed by atoms with Gasteiger partial charge >= 0.3 is 5.97 Å². The molecule has 0 bridgehead atoms. The van der Waals surface area contributed by atoms with E-state index in [0.29, 0.717) is 30.6 Å². The summed E-state index contributed by atoms with van der Waals surface area (Å²) >= 11 is 1.68. The molecule has 4 saturated carbocycles. The van der Waals surface area contributed by atoms with Gasteiger partial charge in [0.2, 0.25) is 0 Å². The summed E-state index contributed by atoms with van der Waals surface area (Å²) in [5.74, 6) is 1.32. The summed E-state index contributed by atoms with van der Waals surface area (Å²) in [4.78, 5) is 18.0. The first-order valence-electron chi connectivity index (χ1n) is 16.5. The third kappa shape index (κ3) is 6.47. The Bertz CT molecular complexity index is 1260. The van der Waals surface area contributed by atoms with Crippen molar-refractivity contribution in [3.05, 3.63) is 51.5 Å². The first-order chi connectivity index (χ1) is 20.3. The van der Waals surface area contributed by atoms with E-state index in [0.717, 1.165) is 54.0 Å². The minimum atomic E-state index is -0.925. The number of thiazole rings is 1. The van der Waals surface area contributed by atoms with Gasteiger partial charge in [-0.3, -0.25) is 4.79 Å². The summed E-state index contributed by atoms with van der Waals surface area (Å²) in [7, 11) is 0. The average Bonchev–Trinajstić information content (AvgIpc) is 3.52. The van der Waals surface area contributed by atoms with Crippen LogP contribution in [0.25, 0.3) is 0 Å². The first kappa shape index (κ1) is 32.6. The maximum Gasteiger partial charge on any atom is 0.314 e. The lowest BCUT2D eigenvalue weighted by molar-refractivity contribution is -0.164. The number of aromatic nitrogens is 1. The van der Waals surface area contributed by atoms with Crippen molar-refractivity contribution in [1.82, 2.24) is 4.98 Å². The Morgan fingerprint density at radius 1 is 1.23 bits per heavy atom. The molecule has 6 nitrogen and oxygen atoms in total. The van der Waals surface area contributed by atoms with Crippen molar-refractivity contribution in [2.24, 2.45) is 28.6 Å². The van der Waals surface area contributed by atoms with Crippen LogP contribution in [0.4, 0.5) is 0 Å². The number of hydrogen-bond acceptors (Lipinski definition) is 7. The maximum atomic E-state index is 13.2. The summed E-state index contributed by atoms with van der Waals surface area (Å²) in [5.41, 5.74) is 3.36. The minimum absolute atomic E-state index is 0.194. The third-order valence-corrected chi connectivity index (χ3v) is 12.7. The number of aliphatic hydroxyl groups is 3. The number of hydrogen-bond donors (Lipinski definition) is 3. The Labute approximate surface area is 262 Å². The van der Waals surface area contributed by atoms with Gasteiger partial charge in [-0.05, 0) is 119 Å². The van der Waals surface area contributed by atoms with E-state index >= 15 is 0 Å². The maximum absolute atomic E-state index is 13.2. The van der Waals surface area contributed by atoms with Crippen molar-refractivity contribution >= 4 is 17.3 Å². The van der Waals surface area contributed by atoms with Crippen molar-refractivity contribution in [1.29, 1.82) is 0 Å². The van der Waals surface area contributed by atoms with Crippen molar-refractivity contribution < 1.29 is 24.9 Å². The van der Waals surface area contributed by atoms with Gasteiger partial charge in [-0.25, -0.2) is 4.98 Å². The van der Waals surface area contributed by atoms with Crippen LogP contribution in [0, 0.1) is 35.5 Å². The number of aliphatic hydroxyl groups excluding tert-OH is 3. The van der Waals surface area contributed by atoms with Crippen molar-refractivity contribution in [2.75, 3.05) is 6.61 Å². The lowest BCUT2D eigenvalue weighted by Gasteiger charge is -2.44. The second kappa shape index (κ2) is 12.5. The SMILES string of the molecule is C=C1C(=CC=C2CCC[C@]3(C)[C@@H]([C@H](C)CC[C@H](OC(=O)C(C)(C)CO)C4(c5nc(C)cs5)CC4)CC[C@@H]23)C[C@@H](O)C[C@@H]1O. The zero-order chi connectivity index (χ0) is 31.2. The topological polar surface area (TPSA) is 99.9 Å². The molecule has 0 amide bonds. The van der Waals surface area contributed by atoms with Gasteiger partial charge in [0, 0.05) is 17.5 Å². The number of esters is 1. The molecular formula is C36H53NO5S. The largest absolute Gasteiger partial charge is 0.461 e. The van der Waals surface area contributed by atoms with Crippen LogP contribution in [0.1, 0.15) is 109 Å². The highest BCUT2D eigenvalue weighted by Crippen LogP contribution is 2.60. The zero-order valence-electron chi connectivity index (χ0n) is 26.9. The molecule has 0 aromatic carbocycles. The fraction of sp³-hybridized carbons (Fsp3) is 0.722. The molecule has 0 saturated heterocycles. The molecule has 238 valence electrons. The summed E-state index contributed by atoms with van der Waals surface area (Å²) in [6.07, 6.45) is 13.6. The molecular weight excluding hydrogens is 558 g/mol. The van der Waals surface area contributed by atoms with Crippen LogP contribution in [0.5, 0.6) is 0 Å². The second-order valence-electron chi connectivity index (χ2n) is 15.1. The van der Waals surface area contributed by atoms with E-state index in [1.54, 1.807) is 25.2 Å². The van der Waals surface area contributed by atoms with Crippen LogP contribution in [0.15, 0.2) is 40.8 Å². The lowest BCUT2D eigenvalue weighted by Crippen LogP contribution is -2.39. The molecule has 3 N–H and O–H groups in total. The molecule has 1 heterocycles. The van der Waals surface area contributed by atoms with Gasteiger partial charge in [0.25, 0.3) is 0 Å². The number of carbonyl (C=O) groups is 1. The first-order valence-corrected chi connectivity index (χ1v) is 17.4. The Kier molecular flexibility index (Phi) is 9.50. The molecule has 1 aromatic rings. The molecule has 0 spiro atoms. The van der Waals surface area contributed by atoms with E-state index in [-0.39, 0.29) is 29.5 Å². The number of aryl methyl sites for hydroxylation is 1. The number of fused-ring (bicyclic) bond motifs is 1. The van der Waals surface area contributed by atoms with Crippen molar-refractivity contribution in [3.63, 3.8) is 0 Å². The average molecular weight is 612 g/mol. The van der Waals surface area contributed by atoms with Crippen LogP contribution in [-0.4, -0.2) is 51.2 Å². The summed E-state index contributed by atoms with van der Waals surface area (Å²) < 4.78 is 6.28. The molecule has 43 heavy (non-hydrogen) atoms. The Morgan fingerprint density at radius 2 is 1.98 bits per heavy atom. The molecule has 7 heteroatoms. The number of allylic oxidation sites excluding steroid dienone is 3. The van der Waals surface area contributed by atoms with Gasteiger partial charge < -0.3 is 20.1 Å². The van der Waals surface area contributed by atoms with Gasteiger partial charge in [0.1, 0.15) is 11.1 Å². The molecule has 4 aliphatic carbocycles. The van der Waals surface area contributed by atoms with E-state index in [1.165, 1.54) is 31.3 Å². The predicted molar refractivity (Wildman–Crippen MR) is 172 cm³/mol. The molecule has 4 aliphatic rings. The summed E-state index contributed by atoms with van der Waals surface area (Å²) in [6.45, 7) is 14.3. The van der Waals surface area contributed by atoms with Gasteiger partial charge in [-0.2, -0.15) is 0 Å². The van der Waals surface area contributed by atoms with E-state index in [9.17, 15) is 20.1 Å². The Morgan fingerprint density at radius 3 is 2.63 bits per heavy atom. The fourth-order valence-electron chi connectivity index (χ4n) is 8.49. The van der Waals surface area contributed by atoms with Crippen LogP contribution >= 0.6 is 11.3 Å². The number of rotatable bonds is 10. The van der Waals surface area contributed by atoms with Gasteiger partial charge in [-0.1, -0.05) is 38.2 Å². The molecule has 1 aromatic heterocycles. The van der Waals surface area contributed by atoms with Crippen LogP contribution in [0.2, 0.25) is 0 Å². The van der Waals surface area contributed by atoms with Crippen molar-refractivity contribution in [2.45, 2.75) is 129 Å². The van der Waals surface area contributed by atoms with Gasteiger partial charge in [0.05, 0.1) is 29.6 Å². The van der Waals surface area contributed by atoms with Gasteiger partial charge in [0.15, 0.2) is 0 Å². The summed E-state index contributed by atoms with van der Waals surface area (Å²) in [6, 6.07) is 0. The van der Waals surface area contributed by atoms with E-state index < -0.39 is 17.6 Å². The number of carbonyl (C=O) groups excluding carboxylic acids is 1. The number of ether oxygens (including phenoxy) is 1. The van der Waals surface area contributed by atoms with E-state index in [4.69, 9.17) is 9.72 Å². The highest BCUT2D eigenvalue weighted by atomic mass is 32.1. The van der Waals surface area contributed by atoms with E-state index in [1.807, 2.05) is 6.92 Å². The Balaban J connectivity index is 1.30. The van der Waals surface area contributed by atoms with Crippen LogP contribution in [-0.2, 0) is 14.9 Å². The molecule has 0 unspecified atom stereocenters. The zero-order valence-corrected chi connectivity index (χ0v) is 27.7. The van der Waals surface area contributed by atoms with Gasteiger partial charge in [-0.15, -0.1) is 11.3 Å². The monoisotopic (exact) mass is 611 g/mol. The molecule has 4 fully saturated rings. The van der Waals surface area contributed by atoms with E-state index in [2.05, 4.69) is 38.0 Å². The molecule has 5 rings (SSSR count). The van der Waals surface area contributed by atoms with Crippen LogP contribution < -0.4 is 0 Å². The number of nitrogens with zero attached hydrogens (tertiary/aromatic N) is 1. The smallest absolute Gasteiger partial charge is 0.314 e. The fourth-order valence-corrected chi connectivity index (χ4v) is 9.59. The predicted octanol–water partition coefficient (Wildman–Crippen LogP) is 6.97. The second-order valence-corrected chi connectivity index (χ2v) is 16.0. The highest BCUT2D eigenvalue weighted by Gasteiger charge is 2.56. The Hall–Kier alpha value is -1.80. The van der Waals surface area contributed by atoms with Crippen molar-refractivity contribution in [3.8, 4) is 0 Å². The quantitative estimate of drug-likeness (QED) is 0.247.